The van der Waals surface area contributed by atoms with Gasteiger partial charge in [-0.1, -0.05) is 0 Å². The highest BCUT2D eigenvalue weighted by atomic mass is 16.1. The van der Waals surface area contributed by atoms with E-state index in [2.05, 4.69) is 10.6 Å². The summed E-state index contributed by atoms with van der Waals surface area (Å²) in [7, 11) is 0. The number of nitrogens with one attached hydrogen (secondary N) is 2. The summed E-state index contributed by atoms with van der Waals surface area (Å²) in [6.45, 7) is 6.17. The van der Waals surface area contributed by atoms with Crippen LogP contribution in [0, 0.1) is 0 Å². The zero-order chi connectivity index (χ0) is 12.9. The van der Waals surface area contributed by atoms with Gasteiger partial charge in [-0.3, -0.25) is 4.79 Å². The van der Waals surface area contributed by atoms with Gasteiger partial charge >= 0.3 is 0 Å². The summed E-state index contributed by atoms with van der Waals surface area (Å²) < 4.78 is 0. The molecule has 102 valence electrons. The van der Waals surface area contributed by atoms with Gasteiger partial charge in [-0.2, -0.15) is 0 Å². The summed E-state index contributed by atoms with van der Waals surface area (Å²) in [5, 5.41) is 6.64. The molecule has 0 saturated heterocycles. The zero-order valence-corrected chi connectivity index (χ0v) is 11.0. The number of nitrogens with two attached hydrogens (primary N) is 2. The van der Waals surface area contributed by atoms with Gasteiger partial charge in [0.15, 0.2) is 0 Å². The Bertz CT molecular complexity index is 187. The van der Waals surface area contributed by atoms with Gasteiger partial charge in [-0.15, -0.1) is 0 Å². The summed E-state index contributed by atoms with van der Waals surface area (Å²) in [6, 6.07) is -0.308. The average molecular weight is 244 g/mol. The monoisotopic (exact) mass is 244 g/mol. The van der Waals surface area contributed by atoms with E-state index in [1.165, 1.54) is 6.92 Å². The van der Waals surface area contributed by atoms with Crippen LogP contribution in [0.15, 0.2) is 0 Å². The number of rotatable bonds is 12. The topological polar surface area (TPSA) is 93.2 Å². The van der Waals surface area contributed by atoms with Gasteiger partial charge in [-0.05, 0) is 65.3 Å². The lowest BCUT2D eigenvalue weighted by atomic mass is 10.1. The molecule has 0 saturated carbocycles. The lowest BCUT2D eigenvalue weighted by Gasteiger charge is -2.09. The minimum absolute atomic E-state index is 0.0633. The molecule has 0 amide bonds. The molecule has 0 rings (SSSR count). The first-order valence-electron chi connectivity index (χ1n) is 6.56. The van der Waals surface area contributed by atoms with E-state index in [-0.39, 0.29) is 11.8 Å². The zero-order valence-electron chi connectivity index (χ0n) is 11.0. The quantitative estimate of drug-likeness (QED) is 0.351. The molecule has 0 aliphatic heterocycles. The van der Waals surface area contributed by atoms with Crippen molar-refractivity contribution in [3.8, 4) is 0 Å². The second-order valence-electron chi connectivity index (χ2n) is 4.36. The predicted molar refractivity (Wildman–Crippen MR) is 71.9 cm³/mol. The van der Waals surface area contributed by atoms with Gasteiger partial charge in [-0.25, -0.2) is 0 Å². The van der Waals surface area contributed by atoms with E-state index in [4.69, 9.17) is 11.5 Å². The maximum absolute atomic E-state index is 10.9. The third-order valence-corrected chi connectivity index (χ3v) is 2.67. The lowest BCUT2D eigenvalue weighted by molar-refractivity contribution is -0.118. The number of carbonyl (C=O) groups is 1. The molecule has 0 aromatic rings. The number of hydrogen-bond acceptors (Lipinski definition) is 5. The SMILES string of the molecule is CC(=O)C(N)CCNCCCNCCCCN. The second kappa shape index (κ2) is 12.0. The van der Waals surface area contributed by atoms with E-state index in [0.717, 1.165) is 58.4 Å². The van der Waals surface area contributed by atoms with Crippen LogP contribution >= 0.6 is 0 Å². The maximum Gasteiger partial charge on any atom is 0.146 e. The molecular weight excluding hydrogens is 216 g/mol. The third kappa shape index (κ3) is 11.8. The standard InChI is InChI=1S/C12H28N4O/c1-11(17)12(14)5-10-16-9-4-8-15-7-3-2-6-13/h12,15-16H,2-10,13-14H2,1H3. The number of Topliss-reactive ketones (excluding diaryl/α,β-unsaturated/α-hetero) is 1. The lowest BCUT2D eigenvalue weighted by Crippen LogP contribution is -2.33. The summed E-state index contributed by atoms with van der Waals surface area (Å²) in [5.74, 6) is 0.0633. The van der Waals surface area contributed by atoms with Crippen LogP contribution in [-0.2, 0) is 4.79 Å². The molecular formula is C12H28N4O. The predicted octanol–water partition coefficient (Wildman–Crippen LogP) is -0.399. The Morgan fingerprint density at radius 1 is 1.06 bits per heavy atom. The highest BCUT2D eigenvalue weighted by molar-refractivity contribution is 5.81. The normalized spacial score (nSPS) is 12.6. The fraction of sp³-hybridized carbons (Fsp3) is 0.917. The van der Waals surface area contributed by atoms with Gasteiger partial charge in [0.1, 0.15) is 5.78 Å². The van der Waals surface area contributed by atoms with Crippen LogP contribution in [0.5, 0.6) is 0 Å². The van der Waals surface area contributed by atoms with E-state index in [9.17, 15) is 4.79 Å². The van der Waals surface area contributed by atoms with Crippen LogP contribution in [-0.4, -0.2) is 44.5 Å². The van der Waals surface area contributed by atoms with Crippen LogP contribution in [0.3, 0.4) is 0 Å². The van der Waals surface area contributed by atoms with E-state index < -0.39 is 0 Å². The molecule has 0 aromatic carbocycles. The molecule has 17 heavy (non-hydrogen) atoms. The van der Waals surface area contributed by atoms with Gasteiger partial charge < -0.3 is 22.1 Å². The Labute approximate surface area is 105 Å². The van der Waals surface area contributed by atoms with Crippen molar-refractivity contribution in [2.75, 3.05) is 32.7 Å². The first-order chi connectivity index (χ1) is 8.18. The number of hydrogen-bond donors (Lipinski definition) is 4. The Balaban J connectivity index is 3.06. The molecule has 0 heterocycles. The van der Waals surface area contributed by atoms with Crippen molar-refractivity contribution in [2.24, 2.45) is 11.5 Å². The summed E-state index contributed by atoms with van der Waals surface area (Å²) in [4.78, 5) is 10.9. The van der Waals surface area contributed by atoms with Gasteiger partial charge in [0, 0.05) is 0 Å². The highest BCUT2D eigenvalue weighted by Crippen LogP contribution is 1.88. The first-order valence-corrected chi connectivity index (χ1v) is 6.56. The Kier molecular flexibility index (Phi) is 11.6. The fourth-order valence-corrected chi connectivity index (χ4v) is 1.44. The van der Waals surface area contributed by atoms with E-state index >= 15 is 0 Å². The molecule has 0 bridgehead atoms. The fourth-order valence-electron chi connectivity index (χ4n) is 1.44. The number of unbranched alkanes of at least 4 members (excludes halogenated alkanes) is 1. The van der Waals surface area contributed by atoms with Gasteiger partial charge in [0.05, 0.1) is 6.04 Å². The van der Waals surface area contributed by atoms with Crippen LogP contribution in [0.4, 0.5) is 0 Å². The van der Waals surface area contributed by atoms with Crippen molar-refractivity contribution in [1.29, 1.82) is 0 Å². The van der Waals surface area contributed by atoms with Crippen LogP contribution in [0.1, 0.15) is 32.6 Å². The summed E-state index contributed by atoms with van der Waals surface area (Å²) >= 11 is 0. The van der Waals surface area contributed by atoms with Gasteiger partial charge in [0.25, 0.3) is 0 Å². The average Bonchev–Trinajstić information content (AvgIpc) is 2.31. The Hall–Kier alpha value is -0.490. The van der Waals surface area contributed by atoms with Crippen molar-refractivity contribution in [1.82, 2.24) is 10.6 Å². The molecule has 0 radical (unpaired) electrons. The van der Waals surface area contributed by atoms with Crippen molar-refractivity contribution in [3.05, 3.63) is 0 Å². The molecule has 5 heteroatoms. The molecule has 5 nitrogen and oxygen atoms in total. The van der Waals surface area contributed by atoms with Crippen molar-refractivity contribution < 1.29 is 4.79 Å². The van der Waals surface area contributed by atoms with Crippen LogP contribution < -0.4 is 22.1 Å². The highest BCUT2D eigenvalue weighted by Gasteiger charge is 2.05. The molecule has 0 spiro atoms. The maximum atomic E-state index is 10.9. The molecule has 1 unspecified atom stereocenters. The molecule has 1 atom stereocenters. The molecule has 0 aromatic heterocycles. The smallest absolute Gasteiger partial charge is 0.146 e. The number of carbonyl (C=O) groups excluding carboxylic acids is 1. The summed E-state index contributed by atoms with van der Waals surface area (Å²) in [5.41, 5.74) is 11.0. The van der Waals surface area contributed by atoms with Gasteiger partial charge in [0.2, 0.25) is 0 Å². The largest absolute Gasteiger partial charge is 0.330 e. The second-order valence-corrected chi connectivity index (χ2v) is 4.36. The summed E-state index contributed by atoms with van der Waals surface area (Å²) in [6.07, 6.45) is 4.06. The molecule has 6 N–H and O–H groups in total. The van der Waals surface area contributed by atoms with Crippen LogP contribution in [0.2, 0.25) is 0 Å². The molecule has 0 fully saturated rings. The number of ketones is 1. The van der Waals surface area contributed by atoms with E-state index in [0.29, 0.717) is 0 Å². The van der Waals surface area contributed by atoms with E-state index in [1.54, 1.807) is 0 Å². The van der Waals surface area contributed by atoms with Crippen LogP contribution in [0.25, 0.3) is 0 Å². The van der Waals surface area contributed by atoms with E-state index in [1.807, 2.05) is 0 Å². The molecule has 0 aliphatic rings. The Morgan fingerprint density at radius 2 is 1.65 bits per heavy atom. The first kappa shape index (κ1) is 16.5. The molecule has 0 aliphatic carbocycles. The van der Waals surface area contributed by atoms with Crippen molar-refractivity contribution in [2.45, 2.75) is 38.6 Å². The van der Waals surface area contributed by atoms with Crippen molar-refractivity contribution >= 4 is 5.78 Å². The third-order valence-electron chi connectivity index (χ3n) is 2.67. The minimum Gasteiger partial charge on any atom is -0.330 e. The minimum atomic E-state index is -0.308. The van der Waals surface area contributed by atoms with Crippen molar-refractivity contribution in [3.63, 3.8) is 0 Å². The Morgan fingerprint density at radius 3 is 2.24 bits per heavy atom.